The first kappa shape index (κ1) is 19.2. The summed E-state index contributed by atoms with van der Waals surface area (Å²) in [6.07, 6.45) is 11.7. The van der Waals surface area contributed by atoms with Crippen molar-refractivity contribution in [2.75, 3.05) is 19.6 Å². The molecule has 2 rings (SSSR count). The van der Waals surface area contributed by atoms with Crippen molar-refractivity contribution in [2.45, 2.75) is 103 Å². The predicted molar refractivity (Wildman–Crippen MR) is 96.9 cm³/mol. The Balaban J connectivity index is 1.56. The third-order valence-electron chi connectivity index (χ3n) is 5.26. The van der Waals surface area contributed by atoms with Crippen molar-refractivity contribution in [3.05, 3.63) is 0 Å². The number of likely N-dealkylation sites (tertiary alicyclic amines) is 1. The van der Waals surface area contributed by atoms with Crippen molar-refractivity contribution in [1.29, 1.82) is 0 Å². The van der Waals surface area contributed by atoms with Crippen LogP contribution in [0, 0.1) is 5.92 Å². The normalized spacial score (nSPS) is 27.9. The maximum atomic E-state index is 6.39. The van der Waals surface area contributed by atoms with Gasteiger partial charge in [-0.25, -0.2) is 0 Å². The van der Waals surface area contributed by atoms with E-state index in [0.29, 0.717) is 24.4 Å². The number of rotatable bonds is 8. The summed E-state index contributed by atoms with van der Waals surface area (Å²) in [6, 6.07) is 0. The zero-order valence-electron chi connectivity index (χ0n) is 15.9. The standard InChI is InChI=1S/C20H39NO2/c1-16(2)6-5-13-21-14-11-20(12-15-21)23-19-9-7-18(8-10-19)22-17(3)4/h16-20H,5-15H2,1-4H3. The molecule has 0 unspecified atom stereocenters. The Bertz CT molecular complexity index is 303. The van der Waals surface area contributed by atoms with E-state index in [4.69, 9.17) is 9.47 Å². The Morgan fingerprint density at radius 3 is 1.96 bits per heavy atom. The van der Waals surface area contributed by atoms with Crippen molar-refractivity contribution in [2.24, 2.45) is 5.92 Å². The summed E-state index contributed by atoms with van der Waals surface area (Å²) in [5.74, 6) is 0.839. The van der Waals surface area contributed by atoms with Crippen molar-refractivity contribution < 1.29 is 9.47 Å². The van der Waals surface area contributed by atoms with Crippen molar-refractivity contribution in [3.63, 3.8) is 0 Å². The van der Waals surface area contributed by atoms with Crippen molar-refractivity contribution in [1.82, 2.24) is 4.90 Å². The Morgan fingerprint density at radius 2 is 1.39 bits per heavy atom. The van der Waals surface area contributed by atoms with E-state index in [2.05, 4.69) is 32.6 Å². The van der Waals surface area contributed by atoms with Crippen LogP contribution in [-0.4, -0.2) is 49.0 Å². The quantitative estimate of drug-likeness (QED) is 0.649. The van der Waals surface area contributed by atoms with Gasteiger partial charge in [0.25, 0.3) is 0 Å². The van der Waals surface area contributed by atoms with Gasteiger partial charge in [-0.05, 0) is 77.7 Å². The van der Waals surface area contributed by atoms with Crippen LogP contribution < -0.4 is 0 Å². The van der Waals surface area contributed by atoms with E-state index < -0.39 is 0 Å². The maximum absolute atomic E-state index is 6.39. The number of nitrogens with zero attached hydrogens (tertiary/aromatic N) is 1. The fourth-order valence-corrected chi connectivity index (χ4v) is 3.95. The summed E-state index contributed by atoms with van der Waals surface area (Å²) >= 11 is 0. The SMILES string of the molecule is CC(C)CCCN1CCC(OC2CCC(OC(C)C)CC2)CC1. The number of hydrogen-bond donors (Lipinski definition) is 0. The van der Waals surface area contributed by atoms with Gasteiger partial charge in [0, 0.05) is 13.1 Å². The first-order valence-corrected chi connectivity index (χ1v) is 10.1. The summed E-state index contributed by atoms with van der Waals surface area (Å²) in [5, 5.41) is 0. The van der Waals surface area contributed by atoms with Gasteiger partial charge in [-0.1, -0.05) is 13.8 Å². The Labute approximate surface area is 144 Å². The molecule has 0 radical (unpaired) electrons. The van der Waals surface area contributed by atoms with E-state index in [1.54, 1.807) is 0 Å². The molecule has 1 heterocycles. The van der Waals surface area contributed by atoms with Gasteiger partial charge in [0.1, 0.15) is 0 Å². The minimum absolute atomic E-state index is 0.359. The van der Waals surface area contributed by atoms with E-state index in [1.807, 2.05) is 0 Å². The van der Waals surface area contributed by atoms with Crippen molar-refractivity contribution in [3.8, 4) is 0 Å². The van der Waals surface area contributed by atoms with E-state index >= 15 is 0 Å². The van der Waals surface area contributed by atoms with Crippen LogP contribution in [0.15, 0.2) is 0 Å². The average Bonchev–Trinajstić information content (AvgIpc) is 2.50. The Kier molecular flexibility index (Phi) is 8.35. The minimum atomic E-state index is 0.359. The van der Waals surface area contributed by atoms with Gasteiger partial charge in [0.2, 0.25) is 0 Å². The highest BCUT2D eigenvalue weighted by Crippen LogP contribution is 2.27. The highest BCUT2D eigenvalue weighted by atomic mass is 16.5. The molecule has 1 saturated heterocycles. The summed E-state index contributed by atoms with van der Waals surface area (Å²) < 4.78 is 12.3. The van der Waals surface area contributed by atoms with Crippen LogP contribution in [0.1, 0.15) is 79.1 Å². The van der Waals surface area contributed by atoms with Crippen LogP contribution >= 0.6 is 0 Å². The second-order valence-corrected chi connectivity index (χ2v) is 8.30. The maximum Gasteiger partial charge on any atom is 0.0603 e. The van der Waals surface area contributed by atoms with Gasteiger partial charge in [0.15, 0.2) is 0 Å². The lowest BCUT2D eigenvalue weighted by Crippen LogP contribution is -2.40. The molecule has 0 bridgehead atoms. The van der Waals surface area contributed by atoms with Crippen LogP contribution in [0.4, 0.5) is 0 Å². The molecule has 2 aliphatic rings. The minimum Gasteiger partial charge on any atom is -0.376 e. The zero-order chi connectivity index (χ0) is 16.7. The zero-order valence-corrected chi connectivity index (χ0v) is 15.9. The van der Waals surface area contributed by atoms with Gasteiger partial charge in [-0.2, -0.15) is 0 Å². The number of ether oxygens (including phenoxy) is 2. The summed E-state index contributed by atoms with van der Waals surface area (Å²) in [6.45, 7) is 12.7. The first-order valence-electron chi connectivity index (χ1n) is 10.1. The van der Waals surface area contributed by atoms with Crippen molar-refractivity contribution >= 4 is 0 Å². The fraction of sp³-hybridized carbons (Fsp3) is 1.00. The van der Waals surface area contributed by atoms with Crippen LogP contribution in [0.25, 0.3) is 0 Å². The topological polar surface area (TPSA) is 21.7 Å². The lowest BCUT2D eigenvalue weighted by Gasteiger charge is -2.36. The van der Waals surface area contributed by atoms with Gasteiger partial charge < -0.3 is 14.4 Å². The highest BCUT2D eigenvalue weighted by Gasteiger charge is 2.27. The molecule has 0 N–H and O–H groups in total. The second kappa shape index (κ2) is 10.0. The molecular formula is C20H39NO2. The monoisotopic (exact) mass is 325 g/mol. The Hall–Kier alpha value is -0.120. The molecule has 1 saturated carbocycles. The van der Waals surface area contributed by atoms with Crippen LogP contribution in [0.5, 0.6) is 0 Å². The molecule has 0 atom stereocenters. The molecular weight excluding hydrogens is 286 g/mol. The second-order valence-electron chi connectivity index (χ2n) is 8.30. The molecule has 23 heavy (non-hydrogen) atoms. The summed E-state index contributed by atoms with van der Waals surface area (Å²) in [7, 11) is 0. The van der Waals surface area contributed by atoms with Crippen LogP contribution in [0.3, 0.4) is 0 Å². The highest BCUT2D eigenvalue weighted by molar-refractivity contribution is 4.78. The Morgan fingerprint density at radius 1 is 0.826 bits per heavy atom. The number of piperidine rings is 1. The van der Waals surface area contributed by atoms with Crippen LogP contribution in [0.2, 0.25) is 0 Å². The average molecular weight is 326 g/mol. The third kappa shape index (κ3) is 7.53. The fourth-order valence-electron chi connectivity index (χ4n) is 3.95. The molecule has 0 aromatic heterocycles. The molecule has 0 spiro atoms. The molecule has 1 aliphatic heterocycles. The molecule has 136 valence electrons. The predicted octanol–water partition coefficient (Wildman–Crippen LogP) is 4.64. The summed E-state index contributed by atoms with van der Waals surface area (Å²) in [4.78, 5) is 2.63. The molecule has 1 aliphatic carbocycles. The van der Waals surface area contributed by atoms with Gasteiger partial charge in [0.05, 0.1) is 24.4 Å². The molecule has 2 fully saturated rings. The molecule has 0 amide bonds. The molecule has 3 nitrogen and oxygen atoms in total. The molecule has 3 heteroatoms. The summed E-state index contributed by atoms with van der Waals surface area (Å²) in [5.41, 5.74) is 0. The molecule has 0 aromatic rings. The first-order chi connectivity index (χ1) is 11.0. The van der Waals surface area contributed by atoms with E-state index in [-0.39, 0.29) is 0 Å². The largest absolute Gasteiger partial charge is 0.376 e. The third-order valence-corrected chi connectivity index (χ3v) is 5.26. The van der Waals surface area contributed by atoms with E-state index in [1.165, 1.54) is 71.0 Å². The van der Waals surface area contributed by atoms with Gasteiger partial charge in [-0.3, -0.25) is 0 Å². The van der Waals surface area contributed by atoms with E-state index in [0.717, 1.165) is 5.92 Å². The smallest absolute Gasteiger partial charge is 0.0603 e. The number of hydrogen-bond acceptors (Lipinski definition) is 3. The lowest BCUT2D eigenvalue weighted by molar-refractivity contribution is -0.0863. The van der Waals surface area contributed by atoms with E-state index in [9.17, 15) is 0 Å². The van der Waals surface area contributed by atoms with Gasteiger partial charge in [-0.15, -0.1) is 0 Å². The van der Waals surface area contributed by atoms with Crippen LogP contribution in [-0.2, 0) is 9.47 Å². The lowest BCUT2D eigenvalue weighted by atomic mass is 9.94. The molecule has 0 aromatic carbocycles. The van der Waals surface area contributed by atoms with Gasteiger partial charge >= 0.3 is 0 Å².